The van der Waals surface area contributed by atoms with Crippen molar-refractivity contribution in [1.82, 2.24) is 10.3 Å². The SMILES string of the molecule is CCCNC(C)(C#N)CCCCSc1ccc(Br)cn1. The number of aromatic nitrogens is 1. The van der Waals surface area contributed by atoms with Crippen LogP contribution in [-0.2, 0) is 0 Å². The molecule has 1 heterocycles. The van der Waals surface area contributed by atoms with Crippen LogP contribution in [0.1, 0.15) is 39.5 Å². The summed E-state index contributed by atoms with van der Waals surface area (Å²) in [6.07, 6.45) is 5.95. The molecule has 0 saturated carbocycles. The zero-order chi connectivity index (χ0) is 14.8. The molecule has 0 amide bonds. The fourth-order valence-electron chi connectivity index (χ4n) is 1.79. The Labute approximate surface area is 134 Å². The molecule has 0 aliphatic heterocycles. The van der Waals surface area contributed by atoms with Crippen molar-refractivity contribution < 1.29 is 0 Å². The number of nitrogens with zero attached hydrogens (tertiary/aromatic N) is 2. The molecule has 0 aliphatic carbocycles. The van der Waals surface area contributed by atoms with Gasteiger partial charge in [-0.2, -0.15) is 5.26 Å². The molecule has 1 rings (SSSR count). The van der Waals surface area contributed by atoms with E-state index in [1.807, 2.05) is 25.3 Å². The number of thioether (sulfide) groups is 1. The predicted molar refractivity (Wildman–Crippen MR) is 88.8 cm³/mol. The fraction of sp³-hybridized carbons (Fsp3) is 0.600. The van der Waals surface area contributed by atoms with Gasteiger partial charge < -0.3 is 0 Å². The minimum Gasteiger partial charge on any atom is -0.300 e. The topological polar surface area (TPSA) is 48.7 Å². The Morgan fingerprint density at radius 1 is 1.45 bits per heavy atom. The Morgan fingerprint density at radius 2 is 2.25 bits per heavy atom. The van der Waals surface area contributed by atoms with Gasteiger partial charge in [-0.05, 0) is 73.0 Å². The average molecular weight is 356 g/mol. The van der Waals surface area contributed by atoms with Gasteiger partial charge in [0.1, 0.15) is 5.54 Å². The van der Waals surface area contributed by atoms with Gasteiger partial charge in [0.25, 0.3) is 0 Å². The van der Waals surface area contributed by atoms with E-state index in [2.05, 4.69) is 39.2 Å². The number of nitrogens with one attached hydrogen (secondary N) is 1. The van der Waals surface area contributed by atoms with Crippen molar-refractivity contribution >= 4 is 27.7 Å². The molecule has 5 heteroatoms. The standard InChI is InChI=1S/C15H22BrN3S/c1-3-9-19-15(2,12-17)8-4-5-10-20-14-7-6-13(16)11-18-14/h6-7,11,19H,3-5,8-10H2,1-2H3. The van der Waals surface area contributed by atoms with E-state index in [9.17, 15) is 5.26 Å². The highest BCUT2D eigenvalue weighted by Gasteiger charge is 2.21. The summed E-state index contributed by atoms with van der Waals surface area (Å²) in [5.41, 5.74) is -0.378. The van der Waals surface area contributed by atoms with Gasteiger partial charge >= 0.3 is 0 Å². The quantitative estimate of drug-likeness (QED) is 0.527. The number of pyridine rings is 1. The van der Waals surface area contributed by atoms with Crippen molar-refractivity contribution in [2.75, 3.05) is 12.3 Å². The van der Waals surface area contributed by atoms with Crippen LogP contribution in [0.15, 0.2) is 27.8 Å². The van der Waals surface area contributed by atoms with Crippen LogP contribution in [0, 0.1) is 11.3 Å². The predicted octanol–water partition coefficient (Wildman–Crippen LogP) is 4.39. The Bertz CT molecular complexity index is 430. The van der Waals surface area contributed by atoms with Crippen molar-refractivity contribution in [3.05, 3.63) is 22.8 Å². The molecule has 3 nitrogen and oxygen atoms in total. The van der Waals surface area contributed by atoms with Crippen molar-refractivity contribution in [3.8, 4) is 6.07 Å². The summed E-state index contributed by atoms with van der Waals surface area (Å²) in [6, 6.07) is 6.43. The molecule has 0 bridgehead atoms. The van der Waals surface area contributed by atoms with Crippen LogP contribution in [0.25, 0.3) is 0 Å². The summed E-state index contributed by atoms with van der Waals surface area (Å²) in [7, 11) is 0. The van der Waals surface area contributed by atoms with Crippen LogP contribution in [0.3, 0.4) is 0 Å². The fourth-order valence-corrected chi connectivity index (χ4v) is 2.87. The smallest absolute Gasteiger partial charge is 0.103 e. The molecule has 1 unspecified atom stereocenters. The molecule has 0 radical (unpaired) electrons. The maximum absolute atomic E-state index is 9.24. The van der Waals surface area contributed by atoms with E-state index >= 15 is 0 Å². The second-order valence-corrected chi connectivity index (χ2v) is 7.02. The van der Waals surface area contributed by atoms with Crippen LogP contribution in [0.2, 0.25) is 0 Å². The van der Waals surface area contributed by atoms with E-state index in [1.165, 1.54) is 0 Å². The molecular formula is C15H22BrN3S. The third kappa shape index (κ3) is 6.74. The second-order valence-electron chi connectivity index (χ2n) is 4.99. The van der Waals surface area contributed by atoms with Gasteiger partial charge in [0, 0.05) is 10.7 Å². The van der Waals surface area contributed by atoms with Crippen LogP contribution in [0.4, 0.5) is 0 Å². The van der Waals surface area contributed by atoms with E-state index in [0.717, 1.165) is 47.5 Å². The van der Waals surface area contributed by atoms with Crippen LogP contribution < -0.4 is 5.32 Å². The molecule has 0 spiro atoms. The zero-order valence-corrected chi connectivity index (χ0v) is 14.6. The maximum atomic E-state index is 9.24. The van der Waals surface area contributed by atoms with E-state index in [0.29, 0.717) is 0 Å². The average Bonchev–Trinajstić information content (AvgIpc) is 2.47. The maximum Gasteiger partial charge on any atom is 0.103 e. The van der Waals surface area contributed by atoms with Gasteiger partial charge in [-0.25, -0.2) is 4.98 Å². The largest absolute Gasteiger partial charge is 0.300 e. The van der Waals surface area contributed by atoms with Crippen molar-refractivity contribution in [2.45, 2.75) is 50.1 Å². The molecule has 1 aromatic heterocycles. The molecule has 1 atom stereocenters. The summed E-state index contributed by atoms with van der Waals surface area (Å²) in [6.45, 7) is 5.01. The Morgan fingerprint density at radius 3 is 2.85 bits per heavy atom. The van der Waals surface area contributed by atoms with Crippen LogP contribution in [-0.4, -0.2) is 22.8 Å². The molecule has 0 fully saturated rings. The van der Waals surface area contributed by atoms with Gasteiger partial charge in [0.15, 0.2) is 0 Å². The van der Waals surface area contributed by atoms with E-state index < -0.39 is 0 Å². The Hall–Kier alpha value is -0.570. The highest BCUT2D eigenvalue weighted by molar-refractivity contribution is 9.10. The lowest BCUT2D eigenvalue weighted by Gasteiger charge is -2.22. The zero-order valence-electron chi connectivity index (χ0n) is 12.2. The summed E-state index contributed by atoms with van der Waals surface area (Å²) in [5.74, 6) is 1.05. The number of hydrogen-bond acceptors (Lipinski definition) is 4. The summed E-state index contributed by atoms with van der Waals surface area (Å²) in [4.78, 5) is 4.33. The minimum atomic E-state index is -0.378. The van der Waals surface area contributed by atoms with Gasteiger partial charge in [-0.15, -0.1) is 11.8 Å². The number of hydrogen-bond donors (Lipinski definition) is 1. The van der Waals surface area contributed by atoms with E-state index in [1.54, 1.807) is 11.8 Å². The van der Waals surface area contributed by atoms with Crippen molar-refractivity contribution in [1.29, 1.82) is 5.26 Å². The molecule has 20 heavy (non-hydrogen) atoms. The third-order valence-corrected chi connectivity index (χ3v) is 4.53. The first-order valence-corrected chi connectivity index (χ1v) is 8.78. The van der Waals surface area contributed by atoms with Gasteiger partial charge in [-0.3, -0.25) is 5.32 Å². The summed E-state index contributed by atoms with van der Waals surface area (Å²) in [5, 5.41) is 13.6. The molecule has 0 saturated heterocycles. The molecular weight excluding hydrogens is 334 g/mol. The summed E-state index contributed by atoms with van der Waals surface area (Å²) < 4.78 is 1.01. The van der Waals surface area contributed by atoms with Crippen molar-refractivity contribution in [2.24, 2.45) is 0 Å². The van der Waals surface area contributed by atoms with Gasteiger partial charge in [-0.1, -0.05) is 6.92 Å². The second kappa shape index (κ2) is 9.38. The Kier molecular flexibility index (Phi) is 8.20. The van der Waals surface area contributed by atoms with Crippen molar-refractivity contribution in [3.63, 3.8) is 0 Å². The van der Waals surface area contributed by atoms with Gasteiger partial charge in [0.2, 0.25) is 0 Å². The Balaban J connectivity index is 2.21. The molecule has 1 aromatic rings. The third-order valence-electron chi connectivity index (χ3n) is 3.03. The number of unbranched alkanes of at least 4 members (excludes halogenated alkanes) is 1. The molecule has 1 N–H and O–H groups in total. The van der Waals surface area contributed by atoms with Crippen LogP contribution >= 0.6 is 27.7 Å². The number of rotatable bonds is 9. The van der Waals surface area contributed by atoms with Gasteiger partial charge in [0.05, 0.1) is 11.1 Å². The normalized spacial score (nSPS) is 13.7. The first-order chi connectivity index (χ1) is 9.59. The lowest BCUT2D eigenvalue weighted by molar-refractivity contribution is 0.406. The lowest BCUT2D eigenvalue weighted by Crippen LogP contribution is -2.41. The first kappa shape index (κ1) is 17.5. The minimum absolute atomic E-state index is 0.378. The monoisotopic (exact) mass is 355 g/mol. The lowest BCUT2D eigenvalue weighted by atomic mass is 9.96. The van der Waals surface area contributed by atoms with Crippen LogP contribution in [0.5, 0.6) is 0 Å². The highest BCUT2D eigenvalue weighted by atomic mass is 79.9. The number of halogens is 1. The summed E-state index contributed by atoms with van der Waals surface area (Å²) >= 11 is 5.15. The molecule has 0 aliphatic rings. The molecule has 110 valence electrons. The van der Waals surface area contributed by atoms with E-state index in [-0.39, 0.29) is 5.54 Å². The number of nitriles is 1. The van der Waals surface area contributed by atoms with E-state index in [4.69, 9.17) is 0 Å². The first-order valence-electron chi connectivity index (χ1n) is 7.00. The highest BCUT2D eigenvalue weighted by Crippen LogP contribution is 2.20. The molecule has 0 aromatic carbocycles.